The van der Waals surface area contributed by atoms with Gasteiger partial charge in [-0.15, -0.1) is 9.32 Å². The third-order valence-corrected chi connectivity index (χ3v) is 4.77. The molecule has 0 unspecified atom stereocenters. The van der Waals surface area contributed by atoms with E-state index >= 15 is 0 Å². The average molecular weight is 423 g/mol. The van der Waals surface area contributed by atoms with Crippen molar-refractivity contribution in [2.24, 2.45) is 5.90 Å². The van der Waals surface area contributed by atoms with Gasteiger partial charge in [0, 0.05) is 0 Å². The predicted octanol–water partition coefficient (Wildman–Crippen LogP) is 4.06. The van der Waals surface area contributed by atoms with E-state index in [0.29, 0.717) is 24.6 Å². The second-order valence-electron chi connectivity index (χ2n) is 7.01. The van der Waals surface area contributed by atoms with Gasteiger partial charge in [0.1, 0.15) is 18.4 Å². The fraction of sp³-hybridized carbons (Fsp3) is 0.190. The second kappa shape index (κ2) is 10.0. The quantitative estimate of drug-likeness (QED) is 0.180. The normalized spacial score (nSPS) is 11.5. The second-order valence-corrected chi connectivity index (χ2v) is 7.45. The van der Waals surface area contributed by atoms with E-state index in [9.17, 15) is 5.26 Å². The van der Waals surface area contributed by atoms with Crippen molar-refractivity contribution in [3.63, 3.8) is 0 Å². The molecule has 2 aromatic carbocycles. The van der Waals surface area contributed by atoms with Gasteiger partial charge >= 0.3 is 0 Å². The van der Waals surface area contributed by atoms with Crippen molar-refractivity contribution in [2.45, 2.75) is 25.8 Å². The van der Waals surface area contributed by atoms with Gasteiger partial charge in [0.25, 0.3) is 12.3 Å². The molecule has 0 radical (unpaired) electrons. The summed E-state index contributed by atoms with van der Waals surface area (Å²) < 4.78 is 11.4. The smallest absolute Gasteiger partial charge is 0.260 e. The molecule has 1 heterocycles. The predicted molar refractivity (Wildman–Crippen MR) is 114 cm³/mol. The highest BCUT2D eigenvalue weighted by molar-refractivity contribution is 7.90. The monoisotopic (exact) mass is 423 g/mol. The SMILES string of the molecule is CC(C)(C#N)c1cc(/C=C/c2ccc(OSOON)cc2)cc(Cn2cncn2)c1. The fourth-order valence-corrected chi connectivity index (χ4v) is 2.98. The Labute approximate surface area is 179 Å². The molecule has 0 saturated heterocycles. The Kier molecular flexibility index (Phi) is 7.21. The average Bonchev–Trinajstić information content (AvgIpc) is 3.26. The van der Waals surface area contributed by atoms with Crippen LogP contribution in [0.5, 0.6) is 5.75 Å². The van der Waals surface area contributed by atoms with Gasteiger partial charge in [-0.05, 0) is 54.3 Å². The molecule has 0 aliphatic carbocycles. The maximum absolute atomic E-state index is 9.56. The van der Waals surface area contributed by atoms with Gasteiger partial charge in [-0.25, -0.2) is 9.67 Å². The summed E-state index contributed by atoms with van der Waals surface area (Å²) in [5.74, 6) is 5.35. The first kappa shape index (κ1) is 21.5. The standard InChI is InChI=1S/C21H21N5O3S/c1-21(2,13-22)19-10-17(9-18(11-19)12-26-15-24-14-25-26)4-3-16-5-7-20(8-6-16)27-30-29-28-23/h3-11,14-15H,12,23H2,1-2H3/b4-3+. The maximum atomic E-state index is 9.56. The van der Waals surface area contributed by atoms with Gasteiger partial charge < -0.3 is 4.18 Å². The van der Waals surface area contributed by atoms with Crippen molar-refractivity contribution in [1.82, 2.24) is 14.8 Å². The molecule has 0 spiro atoms. The van der Waals surface area contributed by atoms with Crippen LogP contribution in [0.1, 0.15) is 36.1 Å². The van der Waals surface area contributed by atoms with Gasteiger partial charge in [0.2, 0.25) is 0 Å². The molecule has 1 aromatic heterocycles. The zero-order chi connectivity index (χ0) is 21.4. The van der Waals surface area contributed by atoms with E-state index in [1.807, 2.05) is 50.3 Å². The van der Waals surface area contributed by atoms with Crippen molar-refractivity contribution in [3.8, 4) is 11.8 Å². The largest absolute Gasteiger partial charge is 0.399 e. The molecule has 0 atom stereocenters. The molecule has 0 bridgehead atoms. The molecular weight excluding hydrogens is 402 g/mol. The lowest BCUT2D eigenvalue weighted by molar-refractivity contribution is -0.199. The molecule has 3 aromatic rings. The summed E-state index contributed by atoms with van der Waals surface area (Å²) in [5.41, 5.74) is 3.38. The summed E-state index contributed by atoms with van der Waals surface area (Å²) in [7, 11) is 0. The molecule has 30 heavy (non-hydrogen) atoms. The number of aromatic nitrogens is 3. The lowest BCUT2D eigenvalue weighted by Gasteiger charge is -2.18. The lowest BCUT2D eigenvalue weighted by atomic mass is 9.84. The molecule has 0 amide bonds. The Morgan fingerprint density at radius 1 is 1.17 bits per heavy atom. The third-order valence-electron chi connectivity index (χ3n) is 4.37. The Hall–Kier alpha value is -3.16. The van der Waals surface area contributed by atoms with E-state index in [4.69, 9.17) is 10.1 Å². The van der Waals surface area contributed by atoms with Crippen LogP contribution in [0.3, 0.4) is 0 Å². The molecule has 9 heteroatoms. The Morgan fingerprint density at radius 2 is 1.93 bits per heavy atom. The zero-order valence-corrected chi connectivity index (χ0v) is 17.4. The van der Waals surface area contributed by atoms with Crippen molar-refractivity contribution >= 4 is 24.5 Å². The van der Waals surface area contributed by atoms with Crippen LogP contribution in [0.2, 0.25) is 0 Å². The van der Waals surface area contributed by atoms with Crippen molar-refractivity contribution in [1.29, 1.82) is 5.26 Å². The van der Waals surface area contributed by atoms with Gasteiger partial charge in [-0.3, -0.25) is 0 Å². The number of nitriles is 1. The van der Waals surface area contributed by atoms with Crippen molar-refractivity contribution < 1.29 is 13.5 Å². The minimum absolute atomic E-state index is 0.578. The fourth-order valence-electron chi connectivity index (χ4n) is 2.73. The maximum Gasteiger partial charge on any atom is 0.260 e. The summed E-state index contributed by atoms with van der Waals surface area (Å²) in [6.45, 7) is 4.39. The van der Waals surface area contributed by atoms with Crippen LogP contribution in [0.25, 0.3) is 12.2 Å². The number of nitrogens with two attached hydrogens (primary N) is 1. The topological polar surface area (TPSA) is 108 Å². The summed E-state index contributed by atoms with van der Waals surface area (Å²) in [6.07, 6.45) is 7.18. The number of rotatable bonds is 9. The third kappa shape index (κ3) is 5.92. The highest BCUT2D eigenvalue weighted by Crippen LogP contribution is 2.26. The summed E-state index contributed by atoms with van der Waals surface area (Å²) >= 11 is 0.628. The van der Waals surface area contributed by atoms with E-state index in [-0.39, 0.29) is 0 Å². The van der Waals surface area contributed by atoms with Crippen molar-refractivity contribution in [3.05, 3.63) is 77.4 Å². The molecule has 0 fully saturated rings. The lowest BCUT2D eigenvalue weighted by Crippen LogP contribution is -2.15. The van der Waals surface area contributed by atoms with E-state index in [1.54, 1.807) is 23.1 Å². The summed E-state index contributed by atoms with van der Waals surface area (Å²) in [5, 5.41) is 13.7. The molecule has 154 valence electrons. The minimum Gasteiger partial charge on any atom is -0.399 e. The highest BCUT2D eigenvalue weighted by atomic mass is 32.2. The molecule has 0 aliphatic heterocycles. The molecule has 0 aliphatic rings. The van der Waals surface area contributed by atoms with Crippen LogP contribution in [0, 0.1) is 11.3 Å². The number of hydrogen-bond donors (Lipinski definition) is 1. The van der Waals surface area contributed by atoms with E-state index in [1.165, 1.54) is 6.33 Å². The van der Waals surface area contributed by atoms with E-state index < -0.39 is 5.41 Å². The van der Waals surface area contributed by atoms with Gasteiger partial charge in [-0.2, -0.15) is 16.3 Å². The first-order chi connectivity index (χ1) is 14.5. The zero-order valence-electron chi connectivity index (χ0n) is 16.6. The molecule has 8 nitrogen and oxygen atoms in total. The first-order valence-electron chi connectivity index (χ1n) is 9.03. The van der Waals surface area contributed by atoms with Gasteiger partial charge in [0.15, 0.2) is 0 Å². The van der Waals surface area contributed by atoms with Gasteiger partial charge in [0.05, 0.1) is 18.0 Å². The molecule has 0 saturated carbocycles. The summed E-state index contributed by atoms with van der Waals surface area (Å²) in [6, 6.07) is 15.9. The minimum atomic E-state index is -0.604. The Balaban J connectivity index is 1.81. The first-order valence-corrected chi connectivity index (χ1v) is 9.70. The van der Waals surface area contributed by atoms with Crippen LogP contribution in [0.15, 0.2) is 55.1 Å². The van der Waals surface area contributed by atoms with Crippen LogP contribution < -0.4 is 10.1 Å². The van der Waals surface area contributed by atoms with Crippen LogP contribution >= 0.6 is 12.3 Å². The highest BCUT2D eigenvalue weighted by Gasteiger charge is 2.20. The number of nitrogens with zero attached hydrogens (tertiary/aromatic N) is 4. The Morgan fingerprint density at radius 3 is 2.60 bits per heavy atom. The van der Waals surface area contributed by atoms with Crippen LogP contribution in [0.4, 0.5) is 0 Å². The van der Waals surface area contributed by atoms with Crippen molar-refractivity contribution in [2.75, 3.05) is 0 Å². The number of benzene rings is 2. The van der Waals surface area contributed by atoms with E-state index in [2.05, 4.69) is 31.5 Å². The van der Waals surface area contributed by atoms with Gasteiger partial charge in [-0.1, -0.05) is 36.4 Å². The molecular formula is C21H21N5O3S. The molecule has 3 rings (SSSR count). The van der Waals surface area contributed by atoms with Crippen LogP contribution in [-0.4, -0.2) is 14.8 Å². The number of hydrogen-bond acceptors (Lipinski definition) is 8. The van der Waals surface area contributed by atoms with E-state index in [0.717, 1.165) is 22.3 Å². The summed E-state index contributed by atoms with van der Waals surface area (Å²) in [4.78, 5) is 7.94. The van der Waals surface area contributed by atoms with Crippen LogP contribution in [-0.2, 0) is 21.3 Å². The Bertz CT molecular complexity index is 1030. The molecule has 2 N–H and O–H groups in total.